The highest BCUT2D eigenvalue weighted by Gasteiger charge is 2.09. The smallest absolute Gasteiger partial charge is 0.140 e. The van der Waals surface area contributed by atoms with Gasteiger partial charge in [0, 0.05) is 10.2 Å². The Labute approximate surface area is 115 Å². The largest absolute Gasteiger partial charge is 0.366 e. The third-order valence-corrected chi connectivity index (χ3v) is 3.22. The van der Waals surface area contributed by atoms with Crippen molar-refractivity contribution in [2.24, 2.45) is 0 Å². The molecule has 0 radical (unpaired) electrons. The first-order valence-electron chi connectivity index (χ1n) is 5.67. The molecule has 0 spiro atoms. The van der Waals surface area contributed by atoms with Crippen molar-refractivity contribution < 1.29 is 0 Å². The van der Waals surface area contributed by atoms with Gasteiger partial charge in [0.1, 0.15) is 6.04 Å². The van der Waals surface area contributed by atoms with Gasteiger partial charge in [-0.15, -0.1) is 0 Å². The van der Waals surface area contributed by atoms with E-state index in [0.717, 1.165) is 15.7 Å². The molecular formula is C15H13BrN2. The maximum absolute atomic E-state index is 9.24. The predicted molar refractivity (Wildman–Crippen MR) is 77.3 cm³/mol. The average Bonchev–Trinajstić information content (AvgIpc) is 2.39. The van der Waals surface area contributed by atoms with Gasteiger partial charge in [-0.25, -0.2) is 0 Å². The van der Waals surface area contributed by atoms with Crippen molar-refractivity contribution in [3.8, 4) is 6.07 Å². The van der Waals surface area contributed by atoms with Gasteiger partial charge in [-0.3, -0.25) is 0 Å². The lowest BCUT2D eigenvalue weighted by Crippen LogP contribution is -2.08. The summed E-state index contributed by atoms with van der Waals surface area (Å²) in [5, 5.41) is 12.5. The first kappa shape index (κ1) is 12.7. The normalized spacial score (nSPS) is 11.6. The summed E-state index contributed by atoms with van der Waals surface area (Å²) in [6.45, 7) is 2.04. The number of nitriles is 1. The minimum absolute atomic E-state index is 0.327. The summed E-state index contributed by atoms with van der Waals surface area (Å²) in [5.74, 6) is 0. The first-order valence-corrected chi connectivity index (χ1v) is 6.46. The molecule has 2 rings (SSSR count). The van der Waals surface area contributed by atoms with E-state index in [4.69, 9.17) is 0 Å². The molecule has 0 bridgehead atoms. The van der Waals surface area contributed by atoms with E-state index in [9.17, 15) is 5.26 Å². The number of halogens is 1. The van der Waals surface area contributed by atoms with Crippen LogP contribution >= 0.6 is 15.9 Å². The molecule has 2 aromatic rings. The number of rotatable bonds is 3. The van der Waals surface area contributed by atoms with Crippen LogP contribution in [0.5, 0.6) is 0 Å². The fourth-order valence-electron chi connectivity index (χ4n) is 1.66. The molecular weight excluding hydrogens is 288 g/mol. The molecule has 3 heteroatoms. The summed E-state index contributed by atoms with van der Waals surface area (Å²) in [7, 11) is 0. The molecule has 90 valence electrons. The van der Waals surface area contributed by atoms with Gasteiger partial charge in [-0.2, -0.15) is 5.26 Å². The fraction of sp³-hybridized carbons (Fsp3) is 0.133. The van der Waals surface area contributed by atoms with Crippen molar-refractivity contribution in [2.45, 2.75) is 13.0 Å². The van der Waals surface area contributed by atoms with Crippen LogP contribution in [-0.4, -0.2) is 0 Å². The predicted octanol–water partition coefficient (Wildman–Crippen LogP) is 4.43. The van der Waals surface area contributed by atoms with E-state index in [-0.39, 0.29) is 6.04 Å². The van der Waals surface area contributed by atoms with Gasteiger partial charge in [-0.1, -0.05) is 45.8 Å². The van der Waals surface area contributed by atoms with Gasteiger partial charge in [0.05, 0.1) is 6.07 Å². The lowest BCUT2D eigenvalue weighted by Gasteiger charge is -2.13. The molecule has 2 aromatic carbocycles. The van der Waals surface area contributed by atoms with Crippen LogP contribution in [-0.2, 0) is 0 Å². The van der Waals surface area contributed by atoms with E-state index in [0.29, 0.717) is 0 Å². The van der Waals surface area contributed by atoms with Crippen molar-refractivity contribution in [3.05, 3.63) is 64.1 Å². The quantitative estimate of drug-likeness (QED) is 0.910. The second-order valence-corrected chi connectivity index (χ2v) is 5.04. The minimum atomic E-state index is -0.327. The van der Waals surface area contributed by atoms with Crippen LogP contribution in [0, 0.1) is 18.3 Å². The van der Waals surface area contributed by atoms with Crippen molar-refractivity contribution in [3.63, 3.8) is 0 Å². The van der Waals surface area contributed by atoms with Crippen LogP contribution in [0.15, 0.2) is 53.0 Å². The molecule has 0 aromatic heterocycles. The Hall–Kier alpha value is -1.79. The Bertz CT molecular complexity index is 553. The zero-order valence-electron chi connectivity index (χ0n) is 10.0. The molecule has 0 fully saturated rings. The van der Waals surface area contributed by atoms with Gasteiger partial charge < -0.3 is 5.32 Å². The highest BCUT2D eigenvalue weighted by Crippen LogP contribution is 2.21. The molecule has 2 nitrogen and oxygen atoms in total. The Morgan fingerprint density at radius 3 is 2.22 bits per heavy atom. The van der Waals surface area contributed by atoms with E-state index in [1.807, 2.05) is 55.5 Å². The number of hydrogen-bond donors (Lipinski definition) is 1. The number of benzene rings is 2. The zero-order chi connectivity index (χ0) is 13.0. The van der Waals surface area contributed by atoms with E-state index < -0.39 is 0 Å². The minimum Gasteiger partial charge on any atom is -0.366 e. The molecule has 0 heterocycles. The van der Waals surface area contributed by atoms with Gasteiger partial charge in [0.2, 0.25) is 0 Å². The lowest BCUT2D eigenvalue weighted by atomic mass is 10.1. The lowest BCUT2D eigenvalue weighted by molar-refractivity contribution is 0.996. The van der Waals surface area contributed by atoms with Gasteiger partial charge >= 0.3 is 0 Å². The molecule has 0 aliphatic carbocycles. The van der Waals surface area contributed by atoms with E-state index in [1.165, 1.54) is 5.56 Å². The Kier molecular flexibility index (Phi) is 4.01. The van der Waals surface area contributed by atoms with Gasteiger partial charge in [0.25, 0.3) is 0 Å². The maximum atomic E-state index is 9.24. The molecule has 1 unspecified atom stereocenters. The Morgan fingerprint density at radius 2 is 1.67 bits per heavy atom. The second kappa shape index (κ2) is 5.70. The number of nitrogens with one attached hydrogen (secondary N) is 1. The molecule has 1 atom stereocenters. The number of aryl methyl sites for hydroxylation is 1. The summed E-state index contributed by atoms with van der Waals surface area (Å²) in [6, 6.07) is 17.7. The van der Waals surface area contributed by atoms with Crippen molar-refractivity contribution in [1.82, 2.24) is 0 Å². The molecule has 18 heavy (non-hydrogen) atoms. The topological polar surface area (TPSA) is 35.8 Å². The number of hydrogen-bond acceptors (Lipinski definition) is 2. The fourth-order valence-corrected chi connectivity index (χ4v) is 1.93. The average molecular weight is 301 g/mol. The highest BCUT2D eigenvalue weighted by molar-refractivity contribution is 9.10. The molecule has 0 amide bonds. The monoisotopic (exact) mass is 300 g/mol. The Balaban J connectivity index is 2.17. The molecule has 0 saturated heterocycles. The summed E-state index contributed by atoms with van der Waals surface area (Å²) < 4.78 is 1.02. The van der Waals surface area contributed by atoms with Crippen molar-refractivity contribution in [2.75, 3.05) is 5.32 Å². The summed E-state index contributed by atoms with van der Waals surface area (Å²) in [5.41, 5.74) is 3.11. The van der Waals surface area contributed by atoms with Crippen molar-refractivity contribution in [1.29, 1.82) is 5.26 Å². The summed E-state index contributed by atoms with van der Waals surface area (Å²) in [4.78, 5) is 0. The number of nitrogens with zero attached hydrogens (tertiary/aromatic N) is 1. The van der Waals surface area contributed by atoms with E-state index in [2.05, 4.69) is 27.3 Å². The van der Waals surface area contributed by atoms with E-state index >= 15 is 0 Å². The molecule has 0 aliphatic rings. The standard InChI is InChI=1S/C15H13BrN2/c1-11-2-4-12(5-3-11)15(10-17)18-14-8-6-13(16)7-9-14/h2-9,15,18H,1H3. The van der Waals surface area contributed by atoms with Gasteiger partial charge in [0.15, 0.2) is 0 Å². The summed E-state index contributed by atoms with van der Waals surface area (Å²) in [6.07, 6.45) is 0. The van der Waals surface area contributed by atoms with Gasteiger partial charge in [-0.05, 0) is 36.8 Å². The Morgan fingerprint density at radius 1 is 1.06 bits per heavy atom. The highest BCUT2D eigenvalue weighted by atomic mass is 79.9. The third-order valence-electron chi connectivity index (χ3n) is 2.70. The summed E-state index contributed by atoms with van der Waals surface area (Å²) >= 11 is 3.39. The van der Waals surface area contributed by atoms with Crippen LogP contribution < -0.4 is 5.32 Å². The zero-order valence-corrected chi connectivity index (χ0v) is 11.6. The molecule has 0 aliphatic heterocycles. The van der Waals surface area contributed by atoms with E-state index in [1.54, 1.807) is 0 Å². The van der Waals surface area contributed by atoms with Crippen LogP contribution in [0.3, 0.4) is 0 Å². The molecule has 0 saturated carbocycles. The SMILES string of the molecule is Cc1ccc(C(C#N)Nc2ccc(Br)cc2)cc1. The van der Waals surface area contributed by atoms with Crippen molar-refractivity contribution >= 4 is 21.6 Å². The maximum Gasteiger partial charge on any atom is 0.140 e. The first-order chi connectivity index (χ1) is 8.69. The molecule has 1 N–H and O–H groups in total. The van der Waals surface area contributed by atoms with Crippen LogP contribution in [0.1, 0.15) is 17.2 Å². The van der Waals surface area contributed by atoms with Crippen LogP contribution in [0.2, 0.25) is 0 Å². The van der Waals surface area contributed by atoms with Crippen LogP contribution in [0.25, 0.3) is 0 Å². The second-order valence-electron chi connectivity index (χ2n) is 4.12. The third kappa shape index (κ3) is 3.12. The number of anilines is 1. The van der Waals surface area contributed by atoms with Crippen LogP contribution in [0.4, 0.5) is 5.69 Å².